The summed E-state index contributed by atoms with van der Waals surface area (Å²) in [6, 6.07) is 13.7. The Labute approximate surface area is 189 Å². The van der Waals surface area contributed by atoms with Crippen molar-refractivity contribution in [1.29, 1.82) is 0 Å². The van der Waals surface area contributed by atoms with E-state index in [1.807, 2.05) is 24.5 Å². The molecule has 2 N–H and O–H groups in total. The lowest BCUT2D eigenvalue weighted by Crippen LogP contribution is -2.35. The van der Waals surface area contributed by atoms with Crippen LogP contribution in [0.15, 0.2) is 64.0 Å². The minimum Gasteiger partial charge on any atom is -0.362 e. The Hall–Kier alpha value is -2.46. The van der Waals surface area contributed by atoms with Crippen molar-refractivity contribution < 1.29 is 18.0 Å². The molecule has 162 valence electrons. The fourth-order valence-electron chi connectivity index (χ4n) is 3.57. The van der Waals surface area contributed by atoms with Crippen molar-refractivity contribution in [2.75, 3.05) is 16.9 Å². The molecule has 0 spiro atoms. The fraction of sp³-hybridized carbons (Fsp3) is 0.238. The summed E-state index contributed by atoms with van der Waals surface area (Å²) in [4.78, 5) is 13.7. The molecule has 1 aliphatic heterocycles. The van der Waals surface area contributed by atoms with E-state index in [1.165, 1.54) is 11.8 Å². The smallest absolute Gasteiger partial charge is 0.362 e. The predicted octanol–water partition coefficient (Wildman–Crippen LogP) is 6.28. The number of hydrogen-bond donors (Lipinski definition) is 2. The molecule has 1 aliphatic rings. The average Bonchev–Trinajstić information content (AvgIpc) is 3.10. The summed E-state index contributed by atoms with van der Waals surface area (Å²) in [6.45, 7) is 0. The van der Waals surface area contributed by atoms with Crippen molar-refractivity contribution in [1.82, 2.24) is 9.78 Å². The van der Waals surface area contributed by atoms with Crippen molar-refractivity contribution in [3.63, 3.8) is 0 Å². The van der Waals surface area contributed by atoms with Gasteiger partial charge in [-0.05, 0) is 39.9 Å². The van der Waals surface area contributed by atoms with E-state index in [0.29, 0.717) is 5.69 Å². The number of thioether (sulfide) groups is 1. The van der Waals surface area contributed by atoms with Crippen molar-refractivity contribution >= 4 is 45.1 Å². The Morgan fingerprint density at radius 3 is 2.55 bits per heavy atom. The van der Waals surface area contributed by atoms with Crippen LogP contribution in [0, 0.1) is 0 Å². The first-order chi connectivity index (χ1) is 14.8. The molecule has 1 aromatic heterocycles. The molecule has 2 atom stereocenters. The Morgan fingerprint density at radius 1 is 1.19 bits per heavy atom. The quantitative estimate of drug-likeness (QED) is 0.405. The molecule has 0 fully saturated rings. The maximum Gasteiger partial charge on any atom is 0.410 e. The van der Waals surface area contributed by atoms with Gasteiger partial charge in [0.15, 0.2) is 11.7 Å². The van der Waals surface area contributed by atoms with E-state index in [9.17, 15) is 18.0 Å². The summed E-state index contributed by atoms with van der Waals surface area (Å²) >= 11 is 4.75. The lowest BCUT2D eigenvalue weighted by atomic mass is 9.97. The Balaban J connectivity index is 1.71. The Kier molecular flexibility index (Phi) is 6.02. The lowest BCUT2D eigenvalue weighted by molar-refractivity contribution is -0.173. The van der Waals surface area contributed by atoms with Gasteiger partial charge >= 0.3 is 6.18 Å². The predicted molar refractivity (Wildman–Crippen MR) is 119 cm³/mol. The number of hydrogen-bond acceptors (Lipinski definition) is 4. The highest BCUT2D eigenvalue weighted by Gasteiger charge is 2.47. The number of para-hydroxylation sites is 1. The summed E-state index contributed by atoms with van der Waals surface area (Å²) in [5, 5.41) is 9.91. The van der Waals surface area contributed by atoms with Gasteiger partial charge in [-0.25, -0.2) is 4.68 Å². The summed E-state index contributed by atoms with van der Waals surface area (Å²) in [7, 11) is 0. The molecule has 2 heterocycles. The van der Waals surface area contributed by atoms with Gasteiger partial charge in [-0.2, -0.15) is 18.3 Å². The number of nitrogens with zero attached hydrogens (tertiary/aromatic N) is 2. The highest BCUT2D eigenvalue weighted by atomic mass is 79.9. The molecule has 1 amide bonds. The average molecular weight is 511 g/mol. The summed E-state index contributed by atoms with van der Waals surface area (Å²) < 4.78 is 42.7. The second kappa shape index (κ2) is 8.58. The van der Waals surface area contributed by atoms with Gasteiger partial charge in [-0.1, -0.05) is 42.5 Å². The number of nitrogens with one attached hydrogen (secondary N) is 2. The van der Waals surface area contributed by atoms with Crippen molar-refractivity contribution in [2.45, 2.75) is 29.6 Å². The maximum absolute atomic E-state index is 13.9. The van der Waals surface area contributed by atoms with Gasteiger partial charge in [0.25, 0.3) is 5.91 Å². The van der Waals surface area contributed by atoms with Gasteiger partial charge in [-0.15, -0.1) is 11.8 Å². The summed E-state index contributed by atoms with van der Waals surface area (Å²) in [5.74, 6) is -0.458. The molecule has 0 saturated heterocycles. The number of anilines is 2. The fourth-order valence-corrected chi connectivity index (χ4v) is 4.68. The normalized spacial score (nSPS) is 18.2. The van der Waals surface area contributed by atoms with E-state index >= 15 is 0 Å². The molecule has 5 nitrogen and oxygen atoms in total. The number of halogens is 4. The molecule has 10 heteroatoms. The highest BCUT2D eigenvalue weighted by molar-refractivity contribution is 9.10. The lowest BCUT2D eigenvalue weighted by Gasteiger charge is -2.33. The van der Waals surface area contributed by atoms with Crippen LogP contribution < -0.4 is 10.6 Å². The second-order valence-corrected chi connectivity index (χ2v) is 8.65. The second-order valence-electron chi connectivity index (χ2n) is 7.01. The van der Waals surface area contributed by atoms with Crippen molar-refractivity contribution in [3.8, 4) is 0 Å². The highest BCUT2D eigenvalue weighted by Crippen LogP contribution is 2.46. The van der Waals surface area contributed by atoms with Crippen LogP contribution in [0.3, 0.4) is 0 Å². The third-order valence-electron chi connectivity index (χ3n) is 5.07. The molecule has 0 aliphatic carbocycles. The van der Waals surface area contributed by atoms with Gasteiger partial charge in [0.2, 0.25) is 0 Å². The molecular formula is C21H18BrF3N4OS. The van der Waals surface area contributed by atoms with Crippen molar-refractivity contribution in [2.24, 2.45) is 0 Å². The number of alkyl halides is 3. The van der Waals surface area contributed by atoms with E-state index in [1.54, 1.807) is 36.4 Å². The molecule has 2 aromatic carbocycles. The van der Waals surface area contributed by atoms with Gasteiger partial charge in [0.1, 0.15) is 5.82 Å². The topological polar surface area (TPSA) is 59.0 Å². The van der Waals surface area contributed by atoms with Gasteiger partial charge in [0, 0.05) is 11.3 Å². The number of fused-ring (bicyclic) bond motifs is 1. The molecule has 4 rings (SSSR count). The SMILES string of the molecule is CSc1ccccc1NC(=O)c1nn2c(c1Br)N[C@H](c1ccccc1)C[C@H]2C(F)(F)F. The first-order valence-corrected chi connectivity index (χ1v) is 11.4. The van der Waals surface area contributed by atoms with E-state index < -0.39 is 24.2 Å². The largest absolute Gasteiger partial charge is 0.410 e. The van der Waals surface area contributed by atoms with Crippen molar-refractivity contribution in [3.05, 3.63) is 70.3 Å². The monoisotopic (exact) mass is 510 g/mol. The molecule has 31 heavy (non-hydrogen) atoms. The van der Waals surface area contributed by atoms with Crippen LogP contribution in [0.1, 0.15) is 34.6 Å². The minimum atomic E-state index is -4.52. The van der Waals surface area contributed by atoms with Crippen LogP contribution in [0.25, 0.3) is 0 Å². The molecule has 3 aromatic rings. The zero-order valence-electron chi connectivity index (χ0n) is 16.3. The molecule has 0 radical (unpaired) electrons. The number of rotatable bonds is 4. The standard InChI is InChI=1S/C21H18BrF3N4OS/c1-31-15-10-6-5-9-13(15)27-20(30)18-17(22)19-26-14(12-7-3-2-4-8-12)11-16(21(23,24)25)29(19)28-18/h2-10,14,16,26H,11H2,1H3,(H,27,30)/t14-,16-/m0/s1. The number of aromatic nitrogens is 2. The van der Waals surface area contributed by atoms with Gasteiger partial charge in [0.05, 0.1) is 16.2 Å². The van der Waals surface area contributed by atoms with Crippen LogP contribution in [0.5, 0.6) is 0 Å². The minimum absolute atomic E-state index is 0.110. The molecular weight excluding hydrogens is 493 g/mol. The zero-order valence-corrected chi connectivity index (χ0v) is 18.7. The van der Waals surface area contributed by atoms with Gasteiger partial charge < -0.3 is 10.6 Å². The van der Waals surface area contributed by atoms with E-state index in [4.69, 9.17) is 0 Å². The molecule has 0 bridgehead atoms. The van der Waals surface area contributed by atoms with Crippen LogP contribution in [0.2, 0.25) is 0 Å². The number of carbonyl (C=O) groups excluding carboxylic acids is 1. The van der Waals surface area contributed by atoms with E-state index in [-0.39, 0.29) is 22.4 Å². The van der Waals surface area contributed by atoms with Crippen LogP contribution in [-0.4, -0.2) is 28.1 Å². The van der Waals surface area contributed by atoms with Crippen LogP contribution in [0.4, 0.5) is 24.7 Å². The maximum atomic E-state index is 13.9. The first kappa shape index (κ1) is 21.8. The zero-order chi connectivity index (χ0) is 22.2. The van der Waals surface area contributed by atoms with Crippen LogP contribution >= 0.6 is 27.7 Å². The number of carbonyl (C=O) groups is 1. The number of benzene rings is 2. The Morgan fingerprint density at radius 2 is 1.87 bits per heavy atom. The Bertz CT molecular complexity index is 1100. The van der Waals surface area contributed by atoms with E-state index in [2.05, 4.69) is 31.7 Å². The van der Waals surface area contributed by atoms with Gasteiger partial charge in [-0.3, -0.25) is 4.79 Å². The molecule has 0 saturated carbocycles. The summed E-state index contributed by atoms with van der Waals surface area (Å²) in [6.07, 6.45) is -2.88. The third-order valence-corrected chi connectivity index (χ3v) is 6.61. The summed E-state index contributed by atoms with van der Waals surface area (Å²) in [5.41, 5.74) is 1.19. The number of amides is 1. The first-order valence-electron chi connectivity index (χ1n) is 9.40. The van der Waals surface area contributed by atoms with E-state index in [0.717, 1.165) is 15.1 Å². The molecule has 0 unspecified atom stereocenters. The van der Waals surface area contributed by atoms with Crippen LogP contribution in [-0.2, 0) is 0 Å². The third kappa shape index (κ3) is 4.31.